The summed E-state index contributed by atoms with van der Waals surface area (Å²) < 4.78 is 39.0. The molecule has 29 heavy (non-hydrogen) atoms. The van der Waals surface area contributed by atoms with Gasteiger partial charge in [-0.3, -0.25) is 14.5 Å². The highest BCUT2D eigenvalue weighted by atomic mass is 19.4. The van der Waals surface area contributed by atoms with Crippen LogP contribution < -0.4 is 10.6 Å². The smallest absolute Gasteiger partial charge is 0.336 e. The monoisotopic (exact) mass is 410 g/mol. The predicted molar refractivity (Wildman–Crippen MR) is 96.0 cm³/mol. The van der Waals surface area contributed by atoms with Crippen molar-refractivity contribution < 1.29 is 27.6 Å². The fraction of sp³-hybridized carbons (Fsp3) is 0.474. The standard InChI is InChI=1S/C19H21F3N4O3/c1-11(2)17(3,10-23)24-14(27)9-26-15(28)18(4,25-16(26)29)12-6-5-7-13(8-12)19(20,21)22/h5-8,11H,9H2,1-4H3,(H,24,27)(H,25,29). The van der Waals surface area contributed by atoms with Gasteiger partial charge in [-0.15, -0.1) is 0 Å². The summed E-state index contributed by atoms with van der Waals surface area (Å²) in [6.45, 7) is 5.56. The van der Waals surface area contributed by atoms with E-state index < -0.39 is 47.2 Å². The molecule has 1 fully saturated rings. The Morgan fingerprint density at radius 3 is 2.48 bits per heavy atom. The fourth-order valence-electron chi connectivity index (χ4n) is 2.82. The molecule has 2 unspecified atom stereocenters. The van der Waals surface area contributed by atoms with Crippen molar-refractivity contribution in [1.29, 1.82) is 5.26 Å². The van der Waals surface area contributed by atoms with E-state index >= 15 is 0 Å². The predicted octanol–water partition coefficient (Wildman–Crippen LogP) is 2.53. The highest BCUT2D eigenvalue weighted by molar-refractivity contribution is 6.09. The average Bonchev–Trinajstić information content (AvgIpc) is 2.85. The maximum Gasteiger partial charge on any atom is 0.416 e. The molecule has 0 bridgehead atoms. The molecule has 2 N–H and O–H groups in total. The molecule has 0 aliphatic carbocycles. The van der Waals surface area contributed by atoms with E-state index in [9.17, 15) is 32.8 Å². The number of nitrogens with one attached hydrogen (secondary N) is 2. The van der Waals surface area contributed by atoms with Crippen LogP contribution in [0.15, 0.2) is 24.3 Å². The van der Waals surface area contributed by atoms with Crippen LogP contribution in [0.2, 0.25) is 0 Å². The third kappa shape index (κ3) is 4.18. The number of rotatable bonds is 5. The first-order valence-corrected chi connectivity index (χ1v) is 8.78. The van der Waals surface area contributed by atoms with Gasteiger partial charge in [0.1, 0.15) is 17.6 Å². The molecule has 2 rings (SSSR count). The van der Waals surface area contributed by atoms with Gasteiger partial charge in [-0.25, -0.2) is 4.79 Å². The Morgan fingerprint density at radius 2 is 1.97 bits per heavy atom. The van der Waals surface area contributed by atoms with E-state index in [1.807, 2.05) is 6.07 Å². The van der Waals surface area contributed by atoms with Crippen molar-refractivity contribution in [2.24, 2.45) is 5.92 Å². The van der Waals surface area contributed by atoms with Gasteiger partial charge in [0.2, 0.25) is 5.91 Å². The second kappa shape index (κ2) is 7.39. The minimum Gasteiger partial charge on any atom is -0.336 e. The van der Waals surface area contributed by atoms with Crippen LogP contribution in [0.4, 0.5) is 18.0 Å². The molecule has 0 saturated carbocycles. The number of carbonyl (C=O) groups is 3. The molecule has 10 heteroatoms. The molecule has 0 radical (unpaired) electrons. The molecule has 7 nitrogen and oxygen atoms in total. The number of alkyl halides is 3. The van der Waals surface area contributed by atoms with Crippen molar-refractivity contribution in [2.45, 2.75) is 44.9 Å². The topological polar surface area (TPSA) is 102 Å². The number of halogens is 3. The summed E-state index contributed by atoms with van der Waals surface area (Å²) in [7, 11) is 0. The fourth-order valence-corrected chi connectivity index (χ4v) is 2.82. The zero-order valence-corrected chi connectivity index (χ0v) is 16.3. The van der Waals surface area contributed by atoms with Crippen LogP contribution in [0.1, 0.15) is 38.8 Å². The second-order valence-corrected chi connectivity index (χ2v) is 7.54. The molecule has 1 aliphatic heterocycles. The summed E-state index contributed by atoms with van der Waals surface area (Å²) >= 11 is 0. The van der Waals surface area contributed by atoms with E-state index in [0.29, 0.717) is 4.90 Å². The summed E-state index contributed by atoms with van der Waals surface area (Å²) in [5.41, 5.74) is -3.98. The lowest BCUT2D eigenvalue weighted by Crippen LogP contribution is -2.52. The average molecular weight is 410 g/mol. The van der Waals surface area contributed by atoms with Gasteiger partial charge in [-0.05, 0) is 37.5 Å². The summed E-state index contributed by atoms with van der Waals surface area (Å²) in [4.78, 5) is 38.0. The summed E-state index contributed by atoms with van der Waals surface area (Å²) in [6, 6.07) is 5.14. The minimum atomic E-state index is -4.61. The van der Waals surface area contributed by atoms with Gasteiger partial charge >= 0.3 is 12.2 Å². The third-order valence-electron chi connectivity index (χ3n) is 5.13. The van der Waals surface area contributed by atoms with Crippen LogP contribution >= 0.6 is 0 Å². The molecule has 1 aliphatic rings. The lowest BCUT2D eigenvalue weighted by molar-refractivity contribution is -0.138. The zero-order chi connectivity index (χ0) is 22.2. The maximum absolute atomic E-state index is 13.0. The van der Waals surface area contributed by atoms with Gasteiger partial charge in [0.25, 0.3) is 5.91 Å². The van der Waals surface area contributed by atoms with Crippen molar-refractivity contribution in [3.8, 4) is 6.07 Å². The molecule has 0 aromatic heterocycles. The lowest BCUT2D eigenvalue weighted by atomic mass is 9.90. The highest BCUT2D eigenvalue weighted by Crippen LogP contribution is 2.34. The Hall–Kier alpha value is -3.09. The molecule has 1 saturated heterocycles. The first kappa shape index (κ1) is 22.2. The Kier molecular flexibility index (Phi) is 5.65. The van der Waals surface area contributed by atoms with Crippen molar-refractivity contribution in [3.63, 3.8) is 0 Å². The van der Waals surface area contributed by atoms with Gasteiger partial charge in [-0.1, -0.05) is 26.0 Å². The number of urea groups is 1. The summed E-state index contributed by atoms with van der Waals surface area (Å²) in [6.07, 6.45) is -4.61. The summed E-state index contributed by atoms with van der Waals surface area (Å²) in [5, 5.41) is 14.1. The molecule has 2 atom stereocenters. The lowest BCUT2D eigenvalue weighted by Gasteiger charge is -2.28. The zero-order valence-electron chi connectivity index (χ0n) is 16.3. The third-order valence-corrected chi connectivity index (χ3v) is 5.13. The second-order valence-electron chi connectivity index (χ2n) is 7.54. The molecular formula is C19H21F3N4O3. The van der Waals surface area contributed by atoms with Crippen LogP contribution in [0.25, 0.3) is 0 Å². The van der Waals surface area contributed by atoms with Crippen LogP contribution in [0.3, 0.4) is 0 Å². The minimum absolute atomic E-state index is 0.0578. The molecule has 4 amide bonds. The van der Waals surface area contributed by atoms with Crippen LogP contribution in [-0.4, -0.2) is 34.8 Å². The van der Waals surface area contributed by atoms with Crippen molar-refractivity contribution in [2.75, 3.05) is 6.54 Å². The first-order chi connectivity index (χ1) is 13.2. The van der Waals surface area contributed by atoms with Crippen LogP contribution in [0.5, 0.6) is 0 Å². The number of amides is 4. The number of carbonyl (C=O) groups excluding carboxylic acids is 3. The Morgan fingerprint density at radius 1 is 1.34 bits per heavy atom. The number of nitriles is 1. The first-order valence-electron chi connectivity index (χ1n) is 8.78. The largest absolute Gasteiger partial charge is 0.416 e. The van der Waals surface area contributed by atoms with Gasteiger partial charge in [0.05, 0.1) is 11.6 Å². The molecule has 0 spiro atoms. The molecule has 156 valence electrons. The van der Waals surface area contributed by atoms with Gasteiger partial charge < -0.3 is 10.6 Å². The SMILES string of the molecule is CC(C)C(C)(C#N)NC(=O)CN1C(=O)NC(C)(c2cccc(C(F)(F)F)c2)C1=O. The number of benzene rings is 1. The molecular weight excluding hydrogens is 389 g/mol. The maximum atomic E-state index is 13.0. The number of hydrogen-bond acceptors (Lipinski definition) is 4. The quantitative estimate of drug-likeness (QED) is 0.728. The Bertz CT molecular complexity index is 893. The Balaban J connectivity index is 2.26. The Labute approximate surface area is 165 Å². The number of hydrogen-bond donors (Lipinski definition) is 2. The molecule has 1 aromatic rings. The van der Waals surface area contributed by atoms with Crippen molar-refractivity contribution >= 4 is 17.8 Å². The van der Waals surface area contributed by atoms with E-state index in [1.54, 1.807) is 13.8 Å². The van der Waals surface area contributed by atoms with Gasteiger partial charge in [0.15, 0.2) is 0 Å². The van der Waals surface area contributed by atoms with E-state index in [2.05, 4.69) is 10.6 Å². The van der Waals surface area contributed by atoms with Crippen molar-refractivity contribution in [3.05, 3.63) is 35.4 Å². The molecule has 1 heterocycles. The molecule has 1 aromatic carbocycles. The number of imide groups is 1. The normalized spacial score (nSPS) is 21.6. The van der Waals surface area contributed by atoms with E-state index in [0.717, 1.165) is 18.2 Å². The van der Waals surface area contributed by atoms with Crippen LogP contribution in [0, 0.1) is 17.2 Å². The highest BCUT2D eigenvalue weighted by Gasteiger charge is 2.50. The van der Waals surface area contributed by atoms with E-state index in [1.165, 1.54) is 19.9 Å². The van der Waals surface area contributed by atoms with Gasteiger partial charge in [0, 0.05) is 0 Å². The van der Waals surface area contributed by atoms with Crippen LogP contribution in [-0.2, 0) is 21.3 Å². The van der Waals surface area contributed by atoms with Gasteiger partial charge in [-0.2, -0.15) is 18.4 Å². The summed E-state index contributed by atoms with van der Waals surface area (Å²) in [5.74, 6) is -1.84. The van der Waals surface area contributed by atoms with E-state index in [4.69, 9.17) is 0 Å². The van der Waals surface area contributed by atoms with Crippen molar-refractivity contribution in [1.82, 2.24) is 15.5 Å². The number of nitrogens with zero attached hydrogens (tertiary/aromatic N) is 2. The van der Waals surface area contributed by atoms with E-state index in [-0.39, 0.29) is 11.5 Å².